The fourth-order valence-electron chi connectivity index (χ4n) is 2.22. The van der Waals surface area contributed by atoms with Crippen molar-refractivity contribution in [3.8, 4) is 0 Å². The zero-order valence-electron chi connectivity index (χ0n) is 10.8. The van der Waals surface area contributed by atoms with Gasteiger partial charge in [-0.15, -0.1) is 0 Å². The molecule has 1 atom stereocenters. The minimum atomic E-state index is -0.488. The van der Waals surface area contributed by atoms with Crippen LogP contribution in [-0.2, 0) is 4.79 Å². The number of rotatable bonds is 3. The molecular formula is C13H19N3O2. The number of anilines is 1. The van der Waals surface area contributed by atoms with Crippen molar-refractivity contribution in [1.29, 1.82) is 0 Å². The molecule has 1 fully saturated rings. The highest BCUT2D eigenvalue weighted by molar-refractivity contribution is 5.49. The molecule has 1 aromatic rings. The van der Waals surface area contributed by atoms with Gasteiger partial charge in [0, 0.05) is 37.9 Å². The van der Waals surface area contributed by atoms with E-state index in [1.807, 2.05) is 13.0 Å². The average Bonchev–Trinajstić information content (AvgIpc) is 2.38. The van der Waals surface area contributed by atoms with Crippen molar-refractivity contribution in [2.24, 2.45) is 0 Å². The number of carbonyl (C=O) groups excluding carboxylic acids is 1. The van der Waals surface area contributed by atoms with Crippen LogP contribution in [0, 0.1) is 6.92 Å². The van der Waals surface area contributed by atoms with Gasteiger partial charge in [-0.2, -0.15) is 0 Å². The Morgan fingerprint density at radius 3 is 2.56 bits per heavy atom. The van der Waals surface area contributed by atoms with Crippen LogP contribution < -0.4 is 4.90 Å². The molecule has 2 heterocycles. The Kier molecular flexibility index (Phi) is 3.81. The van der Waals surface area contributed by atoms with Gasteiger partial charge < -0.3 is 14.9 Å². The summed E-state index contributed by atoms with van der Waals surface area (Å²) in [6.07, 6.45) is 2.15. The smallest absolute Gasteiger partial charge is 0.209 e. The lowest BCUT2D eigenvalue weighted by Gasteiger charge is -2.33. The maximum Gasteiger partial charge on any atom is 0.209 e. The predicted octanol–water partition coefficient (Wildman–Crippen LogP) is 0.722. The Morgan fingerprint density at radius 1 is 1.39 bits per heavy atom. The van der Waals surface area contributed by atoms with E-state index in [1.54, 1.807) is 18.0 Å². The number of nitrogens with zero attached hydrogens (tertiary/aromatic N) is 3. The first-order chi connectivity index (χ1) is 8.61. The lowest BCUT2D eigenvalue weighted by molar-refractivity contribution is -0.118. The number of hydrogen-bond acceptors (Lipinski definition) is 4. The molecule has 0 aromatic carbocycles. The summed E-state index contributed by atoms with van der Waals surface area (Å²) in [6.45, 7) is 6.81. The normalized spacial score (nSPS) is 17.7. The molecule has 0 bridgehead atoms. The van der Waals surface area contributed by atoms with Gasteiger partial charge in [0.1, 0.15) is 5.82 Å². The van der Waals surface area contributed by atoms with E-state index in [2.05, 4.69) is 9.88 Å². The summed E-state index contributed by atoms with van der Waals surface area (Å²) in [6, 6.07) is 2.00. The lowest BCUT2D eigenvalue weighted by atomic mass is 10.1. The number of aliphatic hydroxyl groups is 1. The molecule has 98 valence electrons. The molecule has 0 spiro atoms. The summed E-state index contributed by atoms with van der Waals surface area (Å²) >= 11 is 0. The van der Waals surface area contributed by atoms with E-state index in [4.69, 9.17) is 0 Å². The largest absolute Gasteiger partial charge is 0.389 e. The summed E-state index contributed by atoms with van der Waals surface area (Å²) in [5.74, 6) is 0.919. The maximum atomic E-state index is 10.6. The molecular weight excluding hydrogens is 230 g/mol. The number of aliphatic hydroxyl groups excluding tert-OH is 1. The van der Waals surface area contributed by atoms with Crippen LogP contribution in [0.2, 0.25) is 0 Å². The van der Waals surface area contributed by atoms with E-state index < -0.39 is 6.10 Å². The summed E-state index contributed by atoms with van der Waals surface area (Å²) in [7, 11) is 0. The van der Waals surface area contributed by atoms with Crippen molar-refractivity contribution in [2.75, 3.05) is 31.1 Å². The lowest BCUT2D eigenvalue weighted by Crippen LogP contribution is -2.46. The van der Waals surface area contributed by atoms with Gasteiger partial charge in [-0.3, -0.25) is 4.79 Å². The first kappa shape index (κ1) is 12.8. The zero-order valence-corrected chi connectivity index (χ0v) is 10.8. The summed E-state index contributed by atoms with van der Waals surface area (Å²) < 4.78 is 0. The van der Waals surface area contributed by atoms with Gasteiger partial charge in [-0.1, -0.05) is 0 Å². The van der Waals surface area contributed by atoms with Crippen molar-refractivity contribution < 1.29 is 9.90 Å². The minimum absolute atomic E-state index is 0.488. The number of hydrogen-bond donors (Lipinski definition) is 1. The molecule has 18 heavy (non-hydrogen) atoms. The second-order valence-electron chi connectivity index (χ2n) is 4.70. The fraction of sp³-hybridized carbons (Fsp3) is 0.538. The molecule has 1 amide bonds. The van der Waals surface area contributed by atoms with Crippen LogP contribution in [0.5, 0.6) is 0 Å². The number of aryl methyl sites for hydroxylation is 1. The molecule has 5 heteroatoms. The Labute approximate surface area is 107 Å². The first-order valence-corrected chi connectivity index (χ1v) is 6.20. The van der Waals surface area contributed by atoms with E-state index >= 15 is 0 Å². The van der Waals surface area contributed by atoms with Gasteiger partial charge in [0.2, 0.25) is 6.41 Å². The van der Waals surface area contributed by atoms with Gasteiger partial charge in [0.05, 0.1) is 6.10 Å². The third-order valence-electron chi connectivity index (χ3n) is 3.37. The number of aromatic nitrogens is 1. The monoisotopic (exact) mass is 249 g/mol. The van der Waals surface area contributed by atoms with Gasteiger partial charge in [0.15, 0.2) is 0 Å². The third kappa shape index (κ3) is 2.61. The molecule has 0 saturated carbocycles. The third-order valence-corrected chi connectivity index (χ3v) is 3.37. The maximum absolute atomic E-state index is 10.6. The van der Waals surface area contributed by atoms with Crippen molar-refractivity contribution in [2.45, 2.75) is 20.0 Å². The van der Waals surface area contributed by atoms with Crippen LogP contribution in [0.1, 0.15) is 24.2 Å². The molecule has 1 aliphatic heterocycles. The number of piperazine rings is 1. The van der Waals surface area contributed by atoms with Gasteiger partial charge >= 0.3 is 0 Å². The molecule has 1 unspecified atom stereocenters. The summed E-state index contributed by atoms with van der Waals surface area (Å²) in [5.41, 5.74) is 1.91. The van der Waals surface area contributed by atoms with E-state index in [0.717, 1.165) is 49.5 Å². The van der Waals surface area contributed by atoms with E-state index in [-0.39, 0.29) is 0 Å². The van der Waals surface area contributed by atoms with Crippen molar-refractivity contribution in [3.63, 3.8) is 0 Å². The molecule has 1 aromatic heterocycles. The van der Waals surface area contributed by atoms with Crippen molar-refractivity contribution >= 4 is 12.2 Å². The highest BCUT2D eigenvalue weighted by Crippen LogP contribution is 2.21. The molecule has 5 nitrogen and oxygen atoms in total. The SMILES string of the molecule is Cc1cc(N2CCN(C=O)CC2)ncc1C(C)O. The highest BCUT2D eigenvalue weighted by atomic mass is 16.3. The Hall–Kier alpha value is -1.62. The van der Waals surface area contributed by atoms with Crippen LogP contribution in [0.15, 0.2) is 12.3 Å². The fourth-order valence-corrected chi connectivity index (χ4v) is 2.22. The summed E-state index contributed by atoms with van der Waals surface area (Å²) in [5, 5.41) is 9.57. The molecule has 0 radical (unpaired) electrons. The Balaban J connectivity index is 2.10. The molecule has 1 aliphatic rings. The van der Waals surface area contributed by atoms with Crippen LogP contribution >= 0.6 is 0 Å². The average molecular weight is 249 g/mol. The van der Waals surface area contributed by atoms with Gasteiger partial charge in [-0.05, 0) is 25.5 Å². The van der Waals surface area contributed by atoms with Crippen molar-refractivity contribution in [3.05, 3.63) is 23.4 Å². The second kappa shape index (κ2) is 5.35. The van der Waals surface area contributed by atoms with E-state index in [0.29, 0.717) is 0 Å². The van der Waals surface area contributed by atoms with Crippen LogP contribution in [0.25, 0.3) is 0 Å². The van der Waals surface area contributed by atoms with Gasteiger partial charge in [0.25, 0.3) is 0 Å². The Morgan fingerprint density at radius 2 is 2.06 bits per heavy atom. The number of pyridine rings is 1. The first-order valence-electron chi connectivity index (χ1n) is 6.20. The summed E-state index contributed by atoms with van der Waals surface area (Å²) in [4.78, 5) is 19.0. The number of carbonyl (C=O) groups is 1. The van der Waals surface area contributed by atoms with Crippen LogP contribution in [0.4, 0.5) is 5.82 Å². The molecule has 1 saturated heterocycles. The standard InChI is InChI=1S/C13H19N3O2/c1-10-7-13(14-8-12(10)11(2)18)16-5-3-15(9-17)4-6-16/h7-9,11,18H,3-6H2,1-2H3. The topological polar surface area (TPSA) is 56.7 Å². The van der Waals surface area contributed by atoms with E-state index in [1.165, 1.54) is 0 Å². The highest BCUT2D eigenvalue weighted by Gasteiger charge is 2.17. The van der Waals surface area contributed by atoms with Gasteiger partial charge in [-0.25, -0.2) is 4.98 Å². The Bertz CT molecular complexity index is 426. The molecule has 1 N–H and O–H groups in total. The predicted molar refractivity (Wildman–Crippen MR) is 69.5 cm³/mol. The second-order valence-corrected chi connectivity index (χ2v) is 4.70. The van der Waals surface area contributed by atoms with Crippen LogP contribution in [0.3, 0.4) is 0 Å². The molecule has 2 rings (SSSR count). The van der Waals surface area contributed by atoms with Crippen LogP contribution in [-0.4, -0.2) is 47.6 Å². The number of amides is 1. The molecule has 0 aliphatic carbocycles. The quantitative estimate of drug-likeness (QED) is 0.802. The minimum Gasteiger partial charge on any atom is -0.389 e. The van der Waals surface area contributed by atoms with E-state index in [9.17, 15) is 9.90 Å². The zero-order chi connectivity index (χ0) is 13.1. The van der Waals surface area contributed by atoms with Crippen molar-refractivity contribution in [1.82, 2.24) is 9.88 Å².